The number of fused-ring (bicyclic) bond motifs is 1. The first-order valence-corrected chi connectivity index (χ1v) is 8.07. The fraction of sp³-hybridized carbons (Fsp3) is 0.562. The van der Waals surface area contributed by atoms with Crippen molar-refractivity contribution in [1.82, 2.24) is 19.6 Å². The van der Waals surface area contributed by atoms with Crippen LogP contribution in [0.5, 0.6) is 0 Å². The van der Waals surface area contributed by atoms with E-state index in [2.05, 4.69) is 22.0 Å². The molecule has 1 aliphatic heterocycles. The largest absolute Gasteiger partial charge is 0.377 e. The van der Waals surface area contributed by atoms with E-state index in [9.17, 15) is 4.79 Å². The lowest BCUT2D eigenvalue weighted by Crippen LogP contribution is -2.20. The van der Waals surface area contributed by atoms with Crippen molar-refractivity contribution >= 4 is 11.1 Å². The van der Waals surface area contributed by atoms with E-state index >= 15 is 0 Å². The maximum atomic E-state index is 12.3. The summed E-state index contributed by atoms with van der Waals surface area (Å²) < 4.78 is 12.7. The van der Waals surface area contributed by atoms with Crippen LogP contribution in [0.3, 0.4) is 0 Å². The second-order valence-electron chi connectivity index (χ2n) is 5.64. The zero-order chi connectivity index (χ0) is 16.2. The van der Waals surface area contributed by atoms with Crippen molar-refractivity contribution in [3.05, 3.63) is 34.3 Å². The number of nitrogens with one attached hydrogen (secondary N) is 1. The number of ether oxygens (including phenoxy) is 2. The van der Waals surface area contributed by atoms with Gasteiger partial charge in [-0.15, -0.1) is 5.10 Å². The van der Waals surface area contributed by atoms with Crippen LogP contribution in [0, 0.1) is 0 Å². The van der Waals surface area contributed by atoms with Crippen LogP contribution < -0.4 is 5.56 Å². The number of imidazole rings is 1. The standard InChI is InChI=1S/C16H22N4O3/c1-3-4-7-23-11(2)14-18-16(21)13-10-17-15(20(13)19-14)12-5-8-22-9-6-12/h5,10-11H,3-4,6-9H2,1-2H3,(H,18,19,21). The zero-order valence-corrected chi connectivity index (χ0v) is 13.5. The SMILES string of the molecule is CCCCOC(C)c1nn2c(C3=CCOCC3)ncc2c(=O)[nH]1. The molecule has 1 aliphatic rings. The highest BCUT2D eigenvalue weighted by atomic mass is 16.5. The van der Waals surface area contributed by atoms with Gasteiger partial charge in [0.2, 0.25) is 0 Å². The minimum Gasteiger partial charge on any atom is -0.377 e. The van der Waals surface area contributed by atoms with Gasteiger partial charge in [0.05, 0.1) is 19.4 Å². The van der Waals surface area contributed by atoms with Crippen LogP contribution in [0.1, 0.15) is 50.9 Å². The van der Waals surface area contributed by atoms with Crippen LogP contribution in [0.25, 0.3) is 11.1 Å². The molecule has 1 atom stereocenters. The lowest BCUT2D eigenvalue weighted by atomic mass is 10.1. The molecule has 0 saturated heterocycles. The zero-order valence-electron chi connectivity index (χ0n) is 13.5. The molecule has 0 aliphatic carbocycles. The predicted octanol–water partition coefficient (Wildman–Crippen LogP) is 2.10. The van der Waals surface area contributed by atoms with E-state index < -0.39 is 0 Å². The van der Waals surface area contributed by atoms with Crippen LogP contribution in [0.2, 0.25) is 0 Å². The number of aromatic amines is 1. The van der Waals surface area contributed by atoms with Gasteiger partial charge in [-0.25, -0.2) is 9.50 Å². The Balaban J connectivity index is 1.95. The van der Waals surface area contributed by atoms with E-state index in [0.717, 1.165) is 24.8 Å². The average Bonchev–Trinajstić information content (AvgIpc) is 3.00. The molecule has 3 rings (SSSR count). The number of H-pyrrole nitrogens is 1. The minimum atomic E-state index is -0.266. The Morgan fingerprint density at radius 1 is 1.52 bits per heavy atom. The van der Waals surface area contributed by atoms with Gasteiger partial charge >= 0.3 is 0 Å². The van der Waals surface area contributed by atoms with Gasteiger partial charge in [0.25, 0.3) is 5.56 Å². The molecule has 7 heteroatoms. The number of hydrogen-bond donors (Lipinski definition) is 1. The Hall–Kier alpha value is -1.99. The Morgan fingerprint density at radius 3 is 3.13 bits per heavy atom. The molecule has 0 aromatic carbocycles. The smallest absolute Gasteiger partial charge is 0.277 e. The maximum Gasteiger partial charge on any atom is 0.277 e. The van der Waals surface area contributed by atoms with Crippen LogP contribution >= 0.6 is 0 Å². The Labute approximate surface area is 134 Å². The van der Waals surface area contributed by atoms with Gasteiger partial charge in [-0.1, -0.05) is 19.4 Å². The van der Waals surface area contributed by atoms with Gasteiger partial charge in [0, 0.05) is 6.61 Å². The van der Waals surface area contributed by atoms with Crippen molar-refractivity contribution in [3.63, 3.8) is 0 Å². The summed E-state index contributed by atoms with van der Waals surface area (Å²) in [4.78, 5) is 19.4. The lowest BCUT2D eigenvalue weighted by Gasteiger charge is -2.14. The predicted molar refractivity (Wildman–Crippen MR) is 86.3 cm³/mol. The first kappa shape index (κ1) is 15.9. The Bertz CT molecular complexity index is 762. The molecular formula is C16H22N4O3. The summed E-state index contributed by atoms with van der Waals surface area (Å²) in [7, 11) is 0. The monoisotopic (exact) mass is 318 g/mol. The summed E-state index contributed by atoms with van der Waals surface area (Å²) in [5, 5.41) is 4.54. The van der Waals surface area contributed by atoms with Crippen molar-refractivity contribution in [2.24, 2.45) is 0 Å². The van der Waals surface area contributed by atoms with Gasteiger partial charge in [-0.3, -0.25) is 4.79 Å². The molecular weight excluding hydrogens is 296 g/mol. The molecule has 3 heterocycles. The number of nitrogens with zero attached hydrogens (tertiary/aromatic N) is 3. The third-order valence-electron chi connectivity index (χ3n) is 3.92. The topological polar surface area (TPSA) is 81.5 Å². The molecule has 1 unspecified atom stereocenters. The average molecular weight is 318 g/mol. The minimum absolute atomic E-state index is 0.202. The maximum absolute atomic E-state index is 12.3. The lowest BCUT2D eigenvalue weighted by molar-refractivity contribution is 0.0567. The molecule has 2 aromatic rings. The van der Waals surface area contributed by atoms with Gasteiger partial charge in [-0.2, -0.15) is 0 Å². The third kappa shape index (κ3) is 3.35. The normalized spacial score (nSPS) is 16.5. The van der Waals surface area contributed by atoms with Gasteiger partial charge < -0.3 is 14.5 Å². The summed E-state index contributed by atoms with van der Waals surface area (Å²) in [6.07, 6.45) is 6.10. The van der Waals surface area contributed by atoms with Gasteiger partial charge in [0.1, 0.15) is 6.10 Å². The second-order valence-corrected chi connectivity index (χ2v) is 5.64. The molecule has 1 N–H and O–H groups in total. The van der Waals surface area contributed by atoms with E-state index in [1.54, 1.807) is 10.7 Å². The quantitative estimate of drug-likeness (QED) is 0.825. The van der Waals surface area contributed by atoms with E-state index in [0.29, 0.717) is 37.0 Å². The van der Waals surface area contributed by atoms with Crippen molar-refractivity contribution in [2.75, 3.05) is 19.8 Å². The summed E-state index contributed by atoms with van der Waals surface area (Å²) in [6.45, 7) is 5.88. The van der Waals surface area contributed by atoms with Crippen LogP contribution in [-0.2, 0) is 9.47 Å². The van der Waals surface area contributed by atoms with Crippen LogP contribution in [-0.4, -0.2) is 39.4 Å². The van der Waals surface area contributed by atoms with E-state index in [4.69, 9.17) is 9.47 Å². The second kappa shape index (κ2) is 7.06. The molecule has 2 aromatic heterocycles. The molecule has 23 heavy (non-hydrogen) atoms. The molecule has 124 valence electrons. The Kier molecular flexibility index (Phi) is 4.88. The highest BCUT2D eigenvalue weighted by molar-refractivity contribution is 5.64. The van der Waals surface area contributed by atoms with Crippen molar-refractivity contribution < 1.29 is 9.47 Å². The fourth-order valence-electron chi connectivity index (χ4n) is 2.53. The molecule has 0 spiro atoms. The molecule has 0 radical (unpaired) electrons. The number of unbranched alkanes of at least 4 members (excludes halogenated alkanes) is 1. The fourth-order valence-corrected chi connectivity index (χ4v) is 2.53. The first-order valence-electron chi connectivity index (χ1n) is 8.07. The molecule has 0 bridgehead atoms. The summed E-state index contributed by atoms with van der Waals surface area (Å²) >= 11 is 0. The first-order chi connectivity index (χ1) is 11.2. The van der Waals surface area contributed by atoms with Gasteiger partial charge in [0.15, 0.2) is 17.2 Å². The molecule has 0 amide bonds. The van der Waals surface area contributed by atoms with Crippen molar-refractivity contribution in [3.8, 4) is 0 Å². The summed E-state index contributed by atoms with van der Waals surface area (Å²) in [5.74, 6) is 1.22. The summed E-state index contributed by atoms with van der Waals surface area (Å²) in [6, 6.07) is 0. The van der Waals surface area contributed by atoms with Crippen molar-refractivity contribution in [1.29, 1.82) is 0 Å². The highest BCUT2D eigenvalue weighted by Gasteiger charge is 2.17. The molecule has 7 nitrogen and oxygen atoms in total. The van der Waals surface area contributed by atoms with E-state index in [1.807, 2.05) is 13.0 Å². The van der Waals surface area contributed by atoms with Crippen LogP contribution in [0.4, 0.5) is 0 Å². The van der Waals surface area contributed by atoms with Gasteiger partial charge in [-0.05, 0) is 25.3 Å². The van der Waals surface area contributed by atoms with E-state index in [1.165, 1.54) is 0 Å². The number of rotatable bonds is 6. The number of hydrogen-bond acceptors (Lipinski definition) is 5. The molecule has 0 fully saturated rings. The van der Waals surface area contributed by atoms with Crippen molar-refractivity contribution in [2.45, 2.75) is 39.2 Å². The summed E-state index contributed by atoms with van der Waals surface area (Å²) in [5.41, 5.74) is 1.30. The molecule has 0 saturated carbocycles. The van der Waals surface area contributed by atoms with E-state index in [-0.39, 0.29) is 11.7 Å². The Morgan fingerprint density at radius 2 is 2.39 bits per heavy atom. The van der Waals surface area contributed by atoms with Crippen LogP contribution in [0.15, 0.2) is 17.1 Å². The third-order valence-corrected chi connectivity index (χ3v) is 3.92. The number of aromatic nitrogens is 4. The highest BCUT2D eigenvalue weighted by Crippen LogP contribution is 2.20.